The minimum Gasteiger partial charge on any atom is -0.491 e. The summed E-state index contributed by atoms with van der Waals surface area (Å²) in [6, 6.07) is 13.6. The second-order valence-corrected chi connectivity index (χ2v) is 8.20. The molecule has 1 aliphatic heterocycles. The van der Waals surface area contributed by atoms with E-state index in [0.29, 0.717) is 35.7 Å². The molecule has 0 unspecified atom stereocenters. The molecule has 5 nitrogen and oxygen atoms in total. The number of benzene rings is 2. The lowest BCUT2D eigenvalue weighted by Crippen LogP contribution is -2.17. The first-order valence-electron chi connectivity index (χ1n) is 9.27. The number of nitrogens with one attached hydrogen (secondary N) is 1. The molecule has 1 fully saturated rings. The fraction of sp³-hybridized carbons (Fsp3) is 0.273. The van der Waals surface area contributed by atoms with Crippen LogP contribution in [0.25, 0.3) is 6.08 Å². The highest BCUT2D eigenvalue weighted by Gasteiger charge is 2.21. The van der Waals surface area contributed by atoms with E-state index in [1.54, 1.807) is 0 Å². The van der Waals surface area contributed by atoms with Gasteiger partial charge in [0, 0.05) is 0 Å². The predicted octanol–water partition coefficient (Wildman–Crippen LogP) is 4.27. The molecule has 29 heavy (non-hydrogen) atoms. The van der Waals surface area contributed by atoms with Crippen LogP contribution in [-0.2, 0) is 9.53 Å². The maximum atomic E-state index is 11.7. The molecular formula is C22H23NO4S2. The molecule has 0 spiro atoms. The molecule has 152 valence electrons. The van der Waals surface area contributed by atoms with Crippen molar-refractivity contribution in [3.63, 3.8) is 0 Å². The number of carbonyl (C=O) groups is 1. The van der Waals surface area contributed by atoms with Crippen molar-refractivity contribution in [1.82, 2.24) is 5.32 Å². The number of thiocarbonyl (C=S) groups is 1. The van der Waals surface area contributed by atoms with Gasteiger partial charge < -0.3 is 19.5 Å². The maximum absolute atomic E-state index is 11.7. The van der Waals surface area contributed by atoms with E-state index in [-0.39, 0.29) is 5.91 Å². The van der Waals surface area contributed by atoms with Crippen molar-refractivity contribution in [3.8, 4) is 11.5 Å². The molecule has 1 aliphatic rings. The van der Waals surface area contributed by atoms with Crippen molar-refractivity contribution in [2.45, 2.75) is 13.8 Å². The summed E-state index contributed by atoms with van der Waals surface area (Å²) in [7, 11) is 0. The summed E-state index contributed by atoms with van der Waals surface area (Å²) in [6.07, 6.45) is 1.81. The van der Waals surface area contributed by atoms with Gasteiger partial charge in [0.1, 0.15) is 29.0 Å². The smallest absolute Gasteiger partial charge is 0.263 e. The molecule has 0 bridgehead atoms. The minimum absolute atomic E-state index is 0.154. The first-order chi connectivity index (χ1) is 14.0. The number of hydrogen-bond donors (Lipinski definition) is 1. The third-order valence-corrected chi connectivity index (χ3v) is 5.45. The Morgan fingerprint density at radius 3 is 2.21 bits per heavy atom. The van der Waals surface area contributed by atoms with Gasteiger partial charge in [0.25, 0.3) is 5.91 Å². The van der Waals surface area contributed by atoms with Crippen LogP contribution in [0, 0.1) is 13.8 Å². The number of aryl methyl sites for hydroxylation is 2. The van der Waals surface area contributed by atoms with Crippen LogP contribution < -0.4 is 14.8 Å². The van der Waals surface area contributed by atoms with Crippen LogP contribution in [0.1, 0.15) is 16.7 Å². The van der Waals surface area contributed by atoms with Crippen LogP contribution in [0.5, 0.6) is 11.5 Å². The zero-order chi connectivity index (χ0) is 20.6. The van der Waals surface area contributed by atoms with Gasteiger partial charge in [-0.15, -0.1) is 0 Å². The number of ether oxygens (including phenoxy) is 3. The van der Waals surface area contributed by atoms with Crippen LogP contribution in [0.15, 0.2) is 47.4 Å². The van der Waals surface area contributed by atoms with Crippen molar-refractivity contribution in [3.05, 3.63) is 64.1 Å². The van der Waals surface area contributed by atoms with E-state index < -0.39 is 0 Å². The van der Waals surface area contributed by atoms with Crippen LogP contribution in [0.4, 0.5) is 0 Å². The second-order valence-electron chi connectivity index (χ2n) is 6.48. The number of carbonyl (C=O) groups excluding carboxylic acids is 1. The molecule has 0 saturated carbocycles. The first kappa shape index (κ1) is 21.4. The number of amides is 1. The molecule has 2 aromatic carbocycles. The Morgan fingerprint density at radius 2 is 1.59 bits per heavy atom. The summed E-state index contributed by atoms with van der Waals surface area (Å²) >= 11 is 6.25. The van der Waals surface area contributed by atoms with Crippen molar-refractivity contribution in [2.75, 3.05) is 26.4 Å². The molecule has 1 N–H and O–H groups in total. The van der Waals surface area contributed by atoms with Crippen molar-refractivity contribution >= 4 is 40.3 Å². The Morgan fingerprint density at radius 1 is 0.931 bits per heavy atom. The van der Waals surface area contributed by atoms with Gasteiger partial charge in [-0.25, -0.2) is 0 Å². The third-order valence-electron chi connectivity index (χ3n) is 4.29. The molecule has 7 heteroatoms. The van der Waals surface area contributed by atoms with E-state index in [1.807, 2.05) is 42.5 Å². The van der Waals surface area contributed by atoms with Gasteiger partial charge in [-0.2, -0.15) is 0 Å². The predicted molar refractivity (Wildman–Crippen MR) is 120 cm³/mol. The minimum atomic E-state index is -0.154. The molecule has 1 saturated heterocycles. The van der Waals surface area contributed by atoms with Crippen molar-refractivity contribution < 1.29 is 19.0 Å². The lowest BCUT2D eigenvalue weighted by molar-refractivity contribution is -0.115. The Bertz CT molecular complexity index is 910. The standard InChI is InChI=1S/C22H23NO4S2/c1-15-3-6-19(13-16(15)2)27-12-10-25-9-11-26-18-7-4-17(5-8-18)14-20-21(24)23-22(28)29-20/h3-8,13-14H,9-12H2,1-2H3,(H,23,24,28)/b20-14+. The van der Waals surface area contributed by atoms with Crippen LogP contribution in [-0.4, -0.2) is 36.7 Å². The Hall–Kier alpha value is -2.35. The Balaban J connectivity index is 1.32. The lowest BCUT2D eigenvalue weighted by atomic mass is 10.1. The van der Waals surface area contributed by atoms with Gasteiger partial charge >= 0.3 is 0 Å². The zero-order valence-electron chi connectivity index (χ0n) is 16.4. The van der Waals surface area contributed by atoms with Gasteiger partial charge in [0.15, 0.2) is 0 Å². The van der Waals surface area contributed by atoms with E-state index in [2.05, 4.69) is 25.2 Å². The van der Waals surface area contributed by atoms with Gasteiger partial charge in [0.05, 0.1) is 18.1 Å². The average molecular weight is 430 g/mol. The number of thioether (sulfide) groups is 1. The highest BCUT2D eigenvalue weighted by molar-refractivity contribution is 8.26. The second kappa shape index (κ2) is 10.4. The highest BCUT2D eigenvalue weighted by atomic mass is 32.2. The number of hydrogen-bond acceptors (Lipinski definition) is 6. The van der Waals surface area contributed by atoms with Gasteiger partial charge in [-0.3, -0.25) is 4.79 Å². The summed E-state index contributed by atoms with van der Waals surface area (Å²) in [4.78, 5) is 12.3. The molecule has 2 aromatic rings. The number of rotatable bonds is 9. The quantitative estimate of drug-likeness (QED) is 0.365. The van der Waals surface area contributed by atoms with Gasteiger partial charge in [-0.05, 0) is 60.9 Å². The van der Waals surface area contributed by atoms with Gasteiger partial charge in [-0.1, -0.05) is 42.2 Å². The van der Waals surface area contributed by atoms with E-state index in [1.165, 1.54) is 22.9 Å². The Kier molecular flexibility index (Phi) is 7.69. The lowest BCUT2D eigenvalue weighted by Gasteiger charge is -2.10. The highest BCUT2D eigenvalue weighted by Crippen LogP contribution is 2.26. The monoisotopic (exact) mass is 429 g/mol. The molecule has 0 aromatic heterocycles. The van der Waals surface area contributed by atoms with Crippen molar-refractivity contribution in [2.24, 2.45) is 0 Å². The fourth-order valence-corrected chi connectivity index (χ4v) is 3.62. The summed E-state index contributed by atoms with van der Waals surface area (Å²) in [5.74, 6) is 1.46. The zero-order valence-corrected chi connectivity index (χ0v) is 18.0. The summed E-state index contributed by atoms with van der Waals surface area (Å²) < 4.78 is 17.4. The molecule has 0 aliphatic carbocycles. The topological polar surface area (TPSA) is 56.8 Å². The maximum Gasteiger partial charge on any atom is 0.263 e. The summed E-state index contributed by atoms with van der Waals surface area (Å²) in [5, 5.41) is 2.60. The Labute approximate surface area is 180 Å². The average Bonchev–Trinajstić information content (AvgIpc) is 3.02. The molecule has 1 heterocycles. The van der Waals surface area contributed by atoms with Crippen LogP contribution >= 0.6 is 24.0 Å². The largest absolute Gasteiger partial charge is 0.491 e. The first-order valence-corrected chi connectivity index (χ1v) is 10.5. The van der Waals surface area contributed by atoms with Crippen LogP contribution in [0.3, 0.4) is 0 Å². The molecule has 0 radical (unpaired) electrons. The van der Waals surface area contributed by atoms with Crippen molar-refractivity contribution in [1.29, 1.82) is 0 Å². The molecular weight excluding hydrogens is 406 g/mol. The SMILES string of the molecule is Cc1ccc(OCCOCCOc2ccc(/C=C3/SC(=S)NC3=O)cc2)cc1C. The summed E-state index contributed by atoms with van der Waals surface area (Å²) in [5.41, 5.74) is 3.38. The normalized spacial score (nSPS) is 14.9. The van der Waals surface area contributed by atoms with E-state index in [9.17, 15) is 4.79 Å². The van der Waals surface area contributed by atoms with E-state index >= 15 is 0 Å². The van der Waals surface area contributed by atoms with Gasteiger partial charge in [0.2, 0.25) is 0 Å². The van der Waals surface area contributed by atoms with Crippen LogP contribution in [0.2, 0.25) is 0 Å². The van der Waals surface area contributed by atoms with E-state index in [0.717, 1.165) is 17.1 Å². The summed E-state index contributed by atoms with van der Waals surface area (Å²) in [6.45, 7) is 6.09. The van der Waals surface area contributed by atoms with E-state index in [4.69, 9.17) is 26.4 Å². The molecule has 3 rings (SSSR count). The molecule has 0 atom stereocenters. The third kappa shape index (κ3) is 6.59. The fourth-order valence-electron chi connectivity index (χ4n) is 2.58. The molecule has 1 amide bonds.